The lowest BCUT2D eigenvalue weighted by Gasteiger charge is -2.08. The average molecular weight is 415 g/mol. The Morgan fingerprint density at radius 1 is 1.23 bits per heavy atom. The van der Waals surface area contributed by atoms with Gasteiger partial charge < -0.3 is 15.4 Å². The Labute approximate surface area is 175 Å². The van der Waals surface area contributed by atoms with Gasteiger partial charge in [0.05, 0.1) is 0 Å². The van der Waals surface area contributed by atoms with Gasteiger partial charge in [-0.05, 0) is 44.4 Å². The molecule has 2 N–H and O–H groups in total. The van der Waals surface area contributed by atoms with E-state index >= 15 is 0 Å². The molecule has 1 aromatic heterocycles. The largest absolute Gasteiger partial charge is 0.382 e. The van der Waals surface area contributed by atoms with Crippen LogP contribution in [0.4, 0.5) is 5.69 Å². The van der Waals surface area contributed by atoms with E-state index in [2.05, 4.69) is 15.7 Å². The number of nitrogens with zero attached hydrogens (tertiary/aromatic N) is 3. The summed E-state index contributed by atoms with van der Waals surface area (Å²) in [6.07, 6.45) is 4.53. The molecule has 2 heterocycles. The van der Waals surface area contributed by atoms with Crippen molar-refractivity contribution in [1.29, 1.82) is 0 Å². The zero-order valence-corrected chi connectivity index (χ0v) is 17.4. The Kier molecular flexibility index (Phi) is 7.78. The van der Waals surface area contributed by atoms with Crippen molar-refractivity contribution in [2.45, 2.75) is 52.1 Å². The third kappa shape index (κ3) is 5.79. The number of ether oxygens (including phenoxy) is 1. The molecule has 9 heteroatoms. The third-order valence-electron chi connectivity index (χ3n) is 4.94. The van der Waals surface area contributed by atoms with Crippen molar-refractivity contribution >= 4 is 17.5 Å². The minimum absolute atomic E-state index is 0.160. The van der Waals surface area contributed by atoms with Crippen LogP contribution in [-0.4, -0.2) is 45.9 Å². The maximum Gasteiger partial charge on any atom is 0.346 e. The van der Waals surface area contributed by atoms with Crippen LogP contribution < -0.4 is 16.3 Å². The smallest absolute Gasteiger partial charge is 0.346 e. The predicted octanol–water partition coefficient (Wildman–Crippen LogP) is 1.57. The zero-order chi connectivity index (χ0) is 21.3. The quantitative estimate of drug-likeness (QED) is 0.605. The summed E-state index contributed by atoms with van der Waals surface area (Å²) in [5, 5.41) is 9.90. The normalized spacial score (nSPS) is 13.4. The van der Waals surface area contributed by atoms with E-state index in [1.807, 2.05) is 6.92 Å². The Morgan fingerprint density at radius 2 is 2.10 bits per heavy atom. The Balaban J connectivity index is 1.56. The minimum atomic E-state index is -0.361. The summed E-state index contributed by atoms with van der Waals surface area (Å²) < 4.78 is 8.12. The molecule has 0 spiro atoms. The molecule has 1 aromatic carbocycles. The van der Waals surface area contributed by atoms with Crippen molar-refractivity contribution in [3.63, 3.8) is 0 Å². The molecule has 30 heavy (non-hydrogen) atoms. The summed E-state index contributed by atoms with van der Waals surface area (Å²) in [5.74, 6) is 0.171. The standard InChI is InChI=1S/C21H29N5O4/c1-2-30-13-7-11-22-20(28)16-8-6-9-17(14-16)23-19(27)15-26-21(29)25-12-5-3-4-10-18(25)24-26/h6,8-9,14H,2-5,7,10-13,15H2,1H3,(H,22,28)(H,23,27). The molecule has 0 aliphatic carbocycles. The zero-order valence-electron chi connectivity index (χ0n) is 17.4. The summed E-state index contributed by atoms with van der Waals surface area (Å²) in [4.78, 5) is 37.2. The van der Waals surface area contributed by atoms with Crippen LogP contribution >= 0.6 is 0 Å². The van der Waals surface area contributed by atoms with Gasteiger partial charge >= 0.3 is 5.69 Å². The van der Waals surface area contributed by atoms with E-state index in [9.17, 15) is 14.4 Å². The molecular weight excluding hydrogens is 386 g/mol. The molecular formula is C21H29N5O4. The van der Waals surface area contributed by atoms with Crippen LogP contribution in [0.5, 0.6) is 0 Å². The second-order valence-corrected chi connectivity index (χ2v) is 7.25. The number of hydrogen-bond donors (Lipinski definition) is 2. The van der Waals surface area contributed by atoms with Crippen LogP contribution in [-0.2, 0) is 29.0 Å². The summed E-state index contributed by atoms with van der Waals surface area (Å²) >= 11 is 0. The fourth-order valence-corrected chi connectivity index (χ4v) is 3.43. The van der Waals surface area contributed by atoms with E-state index in [-0.39, 0.29) is 24.0 Å². The molecule has 9 nitrogen and oxygen atoms in total. The molecule has 0 bridgehead atoms. The Morgan fingerprint density at radius 3 is 2.93 bits per heavy atom. The first-order valence-electron chi connectivity index (χ1n) is 10.5. The van der Waals surface area contributed by atoms with Gasteiger partial charge in [-0.3, -0.25) is 14.2 Å². The number of anilines is 1. The number of carbonyl (C=O) groups is 2. The maximum absolute atomic E-state index is 12.5. The van der Waals surface area contributed by atoms with Gasteiger partial charge in [0.15, 0.2) is 0 Å². The maximum atomic E-state index is 12.5. The number of aromatic nitrogens is 3. The molecule has 0 unspecified atom stereocenters. The van der Waals surface area contributed by atoms with Crippen LogP contribution in [0.1, 0.15) is 48.8 Å². The molecule has 0 radical (unpaired) electrons. The van der Waals surface area contributed by atoms with Gasteiger partial charge in [0.2, 0.25) is 5.91 Å². The third-order valence-corrected chi connectivity index (χ3v) is 4.94. The molecule has 2 amide bonds. The Hall–Kier alpha value is -2.94. The van der Waals surface area contributed by atoms with Crippen molar-refractivity contribution in [2.24, 2.45) is 0 Å². The van der Waals surface area contributed by atoms with Gasteiger partial charge in [0.1, 0.15) is 12.4 Å². The first-order valence-corrected chi connectivity index (χ1v) is 10.5. The lowest BCUT2D eigenvalue weighted by Crippen LogP contribution is -2.30. The van der Waals surface area contributed by atoms with Crippen molar-refractivity contribution in [3.05, 3.63) is 46.1 Å². The van der Waals surface area contributed by atoms with Gasteiger partial charge in [0, 0.05) is 44.0 Å². The summed E-state index contributed by atoms with van der Waals surface area (Å²) in [7, 11) is 0. The van der Waals surface area contributed by atoms with E-state index in [1.54, 1.807) is 28.8 Å². The molecule has 1 aliphatic heterocycles. The highest BCUT2D eigenvalue weighted by molar-refractivity contribution is 5.97. The van der Waals surface area contributed by atoms with Crippen molar-refractivity contribution in [2.75, 3.05) is 25.1 Å². The monoisotopic (exact) mass is 415 g/mol. The summed E-state index contributed by atoms with van der Waals surface area (Å²) in [5.41, 5.74) is 0.702. The molecule has 2 aromatic rings. The van der Waals surface area contributed by atoms with Gasteiger partial charge in [-0.2, -0.15) is 5.10 Å². The average Bonchev–Trinajstić information content (AvgIpc) is 2.90. The van der Waals surface area contributed by atoms with E-state index in [4.69, 9.17) is 4.74 Å². The van der Waals surface area contributed by atoms with Crippen molar-refractivity contribution in [1.82, 2.24) is 19.7 Å². The van der Waals surface area contributed by atoms with Gasteiger partial charge in [-0.25, -0.2) is 9.48 Å². The number of amides is 2. The highest BCUT2D eigenvalue weighted by atomic mass is 16.5. The number of hydrogen-bond acceptors (Lipinski definition) is 5. The number of rotatable bonds is 9. The van der Waals surface area contributed by atoms with Crippen LogP contribution in [0.3, 0.4) is 0 Å². The minimum Gasteiger partial charge on any atom is -0.382 e. The van der Waals surface area contributed by atoms with Gasteiger partial charge in [0.25, 0.3) is 5.91 Å². The summed E-state index contributed by atoms with van der Waals surface area (Å²) in [6, 6.07) is 6.70. The van der Waals surface area contributed by atoms with Crippen LogP contribution in [0.15, 0.2) is 29.1 Å². The van der Waals surface area contributed by atoms with Crippen LogP contribution in [0.2, 0.25) is 0 Å². The highest BCUT2D eigenvalue weighted by Crippen LogP contribution is 2.12. The molecule has 1 aliphatic rings. The first-order chi connectivity index (χ1) is 14.6. The number of carbonyl (C=O) groups excluding carboxylic acids is 2. The molecule has 3 rings (SSSR count). The number of fused-ring (bicyclic) bond motifs is 1. The van der Waals surface area contributed by atoms with Gasteiger partial charge in [-0.1, -0.05) is 12.5 Å². The Bertz CT molecular complexity index is 934. The molecule has 162 valence electrons. The fraction of sp³-hybridized carbons (Fsp3) is 0.524. The predicted molar refractivity (Wildman–Crippen MR) is 113 cm³/mol. The lowest BCUT2D eigenvalue weighted by atomic mass is 10.2. The number of aryl methyl sites for hydroxylation is 1. The molecule has 0 atom stereocenters. The lowest BCUT2D eigenvalue weighted by molar-refractivity contribution is -0.117. The van der Waals surface area contributed by atoms with Gasteiger partial charge in [-0.15, -0.1) is 0 Å². The van der Waals surface area contributed by atoms with E-state index < -0.39 is 0 Å². The summed E-state index contributed by atoms with van der Waals surface area (Å²) in [6.45, 7) is 4.19. The molecule has 0 saturated carbocycles. The van der Waals surface area contributed by atoms with E-state index in [0.29, 0.717) is 37.6 Å². The van der Waals surface area contributed by atoms with E-state index in [1.165, 1.54) is 4.68 Å². The molecule has 0 fully saturated rings. The van der Waals surface area contributed by atoms with Crippen LogP contribution in [0.25, 0.3) is 0 Å². The second kappa shape index (κ2) is 10.7. The van der Waals surface area contributed by atoms with E-state index in [0.717, 1.165) is 37.9 Å². The van der Waals surface area contributed by atoms with Crippen LogP contribution in [0, 0.1) is 0 Å². The molecule has 0 saturated heterocycles. The SMILES string of the molecule is CCOCCCNC(=O)c1cccc(NC(=O)Cn2nc3n(c2=O)CCCCC3)c1. The highest BCUT2D eigenvalue weighted by Gasteiger charge is 2.17. The number of nitrogens with one attached hydrogen (secondary N) is 2. The van der Waals surface area contributed by atoms with Crippen molar-refractivity contribution in [3.8, 4) is 0 Å². The number of benzene rings is 1. The topological polar surface area (TPSA) is 107 Å². The first kappa shape index (κ1) is 21.8. The second-order valence-electron chi connectivity index (χ2n) is 7.25. The fourth-order valence-electron chi connectivity index (χ4n) is 3.43. The van der Waals surface area contributed by atoms with Crippen molar-refractivity contribution < 1.29 is 14.3 Å².